The van der Waals surface area contributed by atoms with Crippen LogP contribution in [0.2, 0.25) is 0 Å². The van der Waals surface area contributed by atoms with E-state index in [0.717, 1.165) is 10.6 Å². The third-order valence-corrected chi connectivity index (χ3v) is 5.40. The van der Waals surface area contributed by atoms with Gasteiger partial charge in [0, 0.05) is 11.3 Å². The fourth-order valence-corrected chi connectivity index (χ4v) is 3.76. The molecule has 0 saturated carbocycles. The Morgan fingerprint density at radius 2 is 2.04 bits per heavy atom. The molecule has 2 rings (SSSR count). The lowest BCUT2D eigenvalue weighted by Crippen LogP contribution is -2.62. The Labute approximate surface area is 141 Å². The van der Waals surface area contributed by atoms with Crippen LogP contribution in [0.1, 0.15) is 32.8 Å². The molecule has 0 aliphatic carbocycles. The quantitative estimate of drug-likeness (QED) is 0.834. The first-order valence-electron chi connectivity index (χ1n) is 7.78. The highest BCUT2D eigenvalue weighted by atomic mass is 32.2. The molecule has 5 nitrogen and oxygen atoms in total. The summed E-state index contributed by atoms with van der Waals surface area (Å²) in [6.07, 6.45) is 0.459. The van der Waals surface area contributed by atoms with E-state index in [1.54, 1.807) is 11.8 Å². The van der Waals surface area contributed by atoms with Crippen LogP contribution in [0.3, 0.4) is 0 Å². The van der Waals surface area contributed by atoms with Gasteiger partial charge >= 0.3 is 0 Å². The number of thioether (sulfide) groups is 1. The van der Waals surface area contributed by atoms with Crippen molar-refractivity contribution >= 4 is 28.6 Å². The van der Waals surface area contributed by atoms with Crippen LogP contribution in [0.25, 0.3) is 0 Å². The fraction of sp³-hybridized carbons (Fsp3) is 0.471. The summed E-state index contributed by atoms with van der Waals surface area (Å²) < 4.78 is 0. The molecule has 1 aromatic carbocycles. The molecule has 124 valence electrons. The number of aliphatic imine (C=N–C) groups is 1. The molecule has 1 aromatic rings. The van der Waals surface area contributed by atoms with Gasteiger partial charge in [0.2, 0.25) is 11.8 Å². The number of primary amides is 1. The Balaban J connectivity index is 2.15. The molecule has 0 spiro atoms. The van der Waals surface area contributed by atoms with E-state index >= 15 is 0 Å². The number of nitrogens with zero attached hydrogens (tertiary/aromatic N) is 1. The summed E-state index contributed by atoms with van der Waals surface area (Å²) in [5, 5.41) is 3.72. The fourth-order valence-electron chi connectivity index (χ4n) is 2.71. The largest absolute Gasteiger partial charge is 0.368 e. The lowest BCUT2D eigenvalue weighted by atomic mass is 9.83. The van der Waals surface area contributed by atoms with Gasteiger partial charge in [0.1, 0.15) is 11.6 Å². The normalized spacial score (nSPS) is 20.0. The van der Waals surface area contributed by atoms with Crippen LogP contribution in [0.15, 0.2) is 35.3 Å². The zero-order valence-corrected chi connectivity index (χ0v) is 14.5. The average Bonchev–Trinajstić information content (AvgIpc) is 3.02. The summed E-state index contributed by atoms with van der Waals surface area (Å²) in [4.78, 5) is 29.0. The van der Waals surface area contributed by atoms with Gasteiger partial charge in [-0.15, -0.1) is 11.8 Å². The van der Waals surface area contributed by atoms with Gasteiger partial charge < -0.3 is 11.1 Å². The first-order chi connectivity index (χ1) is 10.9. The summed E-state index contributed by atoms with van der Waals surface area (Å²) in [5.74, 6) is -0.244. The molecule has 0 bridgehead atoms. The van der Waals surface area contributed by atoms with Crippen molar-refractivity contribution in [3.05, 3.63) is 35.9 Å². The first-order valence-corrected chi connectivity index (χ1v) is 8.77. The summed E-state index contributed by atoms with van der Waals surface area (Å²) in [7, 11) is 0. The van der Waals surface area contributed by atoms with Crippen molar-refractivity contribution in [2.24, 2.45) is 16.6 Å². The molecule has 1 unspecified atom stereocenters. The van der Waals surface area contributed by atoms with Crippen LogP contribution in [0, 0.1) is 5.92 Å². The van der Waals surface area contributed by atoms with Crippen molar-refractivity contribution in [2.75, 3.05) is 5.75 Å². The minimum atomic E-state index is -1.02. The van der Waals surface area contributed by atoms with Crippen LogP contribution in [0.5, 0.6) is 0 Å². The number of rotatable bonds is 6. The lowest BCUT2D eigenvalue weighted by Gasteiger charge is -2.35. The predicted molar refractivity (Wildman–Crippen MR) is 94.4 cm³/mol. The number of carbonyl (C=O) groups excluding carboxylic acids is 2. The molecule has 0 aromatic heterocycles. The minimum absolute atomic E-state index is 0.0828. The van der Waals surface area contributed by atoms with E-state index in [0.29, 0.717) is 12.2 Å². The molecule has 1 heterocycles. The van der Waals surface area contributed by atoms with E-state index in [1.165, 1.54) is 0 Å². The third kappa shape index (κ3) is 3.58. The summed E-state index contributed by atoms with van der Waals surface area (Å²) in [5.41, 5.74) is 5.54. The van der Waals surface area contributed by atoms with E-state index in [4.69, 9.17) is 5.73 Å². The number of hydrogen-bond acceptors (Lipinski definition) is 4. The van der Waals surface area contributed by atoms with E-state index in [9.17, 15) is 9.59 Å². The average molecular weight is 333 g/mol. The van der Waals surface area contributed by atoms with Crippen molar-refractivity contribution in [3.63, 3.8) is 0 Å². The van der Waals surface area contributed by atoms with Crippen molar-refractivity contribution in [3.8, 4) is 0 Å². The van der Waals surface area contributed by atoms with Crippen LogP contribution < -0.4 is 11.1 Å². The number of nitrogens with one attached hydrogen (secondary N) is 1. The summed E-state index contributed by atoms with van der Waals surface area (Å²) in [6, 6.07) is 9.29. The molecule has 0 saturated heterocycles. The predicted octanol–water partition coefficient (Wildman–Crippen LogP) is 1.95. The number of nitrogens with two attached hydrogens (primary N) is 1. The molecule has 1 aliphatic heterocycles. The van der Waals surface area contributed by atoms with Crippen LogP contribution >= 0.6 is 11.8 Å². The molecular weight excluding hydrogens is 310 g/mol. The standard InChI is InChI=1S/C17H23N3O2S/c1-4-17(11(2)3,16(18)22)20-14(21)13-10-23-15(19-13)12-8-6-5-7-9-12/h5-9,11,13H,4,10H2,1-3H3,(H2,18,22)(H,20,21)/t13-,17?/m0/s1. The van der Waals surface area contributed by atoms with Crippen molar-refractivity contribution in [2.45, 2.75) is 38.8 Å². The molecular formula is C17H23N3O2S. The van der Waals surface area contributed by atoms with E-state index in [-0.39, 0.29) is 11.8 Å². The molecule has 3 N–H and O–H groups in total. The summed E-state index contributed by atoms with van der Waals surface area (Å²) >= 11 is 1.56. The summed E-state index contributed by atoms with van der Waals surface area (Å²) in [6.45, 7) is 5.63. The zero-order chi connectivity index (χ0) is 17.0. The monoisotopic (exact) mass is 333 g/mol. The van der Waals surface area contributed by atoms with Crippen LogP contribution in [0.4, 0.5) is 0 Å². The maximum Gasteiger partial charge on any atom is 0.246 e. The third-order valence-electron chi connectivity index (χ3n) is 4.30. The first kappa shape index (κ1) is 17.5. The van der Waals surface area contributed by atoms with Crippen molar-refractivity contribution < 1.29 is 9.59 Å². The van der Waals surface area contributed by atoms with E-state index in [1.807, 2.05) is 51.1 Å². The van der Waals surface area contributed by atoms with Crippen molar-refractivity contribution in [1.82, 2.24) is 5.32 Å². The van der Waals surface area contributed by atoms with Gasteiger partial charge in [-0.25, -0.2) is 0 Å². The lowest BCUT2D eigenvalue weighted by molar-refractivity contribution is -0.134. The Morgan fingerprint density at radius 1 is 1.39 bits per heavy atom. The number of carbonyl (C=O) groups is 2. The highest BCUT2D eigenvalue weighted by molar-refractivity contribution is 8.14. The van der Waals surface area contributed by atoms with Gasteiger partial charge in [0.25, 0.3) is 0 Å². The van der Waals surface area contributed by atoms with Gasteiger partial charge in [-0.2, -0.15) is 0 Å². The van der Waals surface area contributed by atoms with Crippen LogP contribution in [-0.4, -0.2) is 34.2 Å². The second kappa shape index (κ2) is 7.17. The molecule has 2 amide bonds. The molecule has 1 aliphatic rings. The Hall–Kier alpha value is -1.82. The molecule has 23 heavy (non-hydrogen) atoms. The minimum Gasteiger partial charge on any atom is -0.368 e. The number of benzene rings is 1. The Kier molecular flexibility index (Phi) is 5.46. The Morgan fingerprint density at radius 3 is 2.57 bits per heavy atom. The smallest absolute Gasteiger partial charge is 0.246 e. The molecule has 6 heteroatoms. The van der Waals surface area contributed by atoms with Gasteiger partial charge in [0.15, 0.2) is 0 Å². The Bertz CT molecular complexity index is 616. The van der Waals surface area contributed by atoms with Gasteiger partial charge in [-0.1, -0.05) is 51.1 Å². The highest BCUT2D eigenvalue weighted by Gasteiger charge is 2.41. The van der Waals surface area contributed by atoms with Gasteiger partial charge in [0.05, 0.1) is 5.04 Å². The number of amides is 2. The maximum absolute atomic E-state index is 12.6. The van der Waals surface area contributed by atoms with Gasteiger partial charge in [-0.3, -0.25) is 14.6 Å². The topological polar surface area (TPSA) is 84.6 Å². The molecule has 0 radical (unpaired) electrons. The van der Waals surface area contributed by atoms with E-state index < -0.39 is 17.5 Å². The van der Waals surface area contributed by atoms with E-state index in [2.05, 4.69) is 10.3 Å². The molecule has 2 atom stereocenters. The van der Waals surface area contributed by atoms with Crippen molar-refractivity contribution in [1.29, 1.82) is 0 Å². The van der Waals surface area contributed by atoms with Gasteiger partial charge in [-0.05, 0) is 12.3 Å². The highest BCUT2D eigenvalue weighted by Crippen LogP contribution is 2.26. The van der Waals surface area contributed by atoms with Crippen LogP contribution in [-0.2, 0) is 9.59 Å². The second-order valence-corrected chi connectivity index (χ2v) is 6.97. The zero-order valence-electron chi connectivity index (χ0n) is 13.7. The number of hydrogen-bond donors (Lipinski definition) is 2. The SMILES string of the molecule is CCC(NC(=O)[C@@H]1CSC(c2ccccc2)=N1)(C(N)=O)C(C)C. The molecule has 0 fully saturated rings. The second-order valence-electron chi connectivity index (χ2n) is 5.96. The maximum atomic E-state index is 12.6.